The van der Waals surface area contributed by atoms with E-state index in [-0.39, 0.29) is 19.5 Å². The lowest BCUT2D eigenvalue weighted by atomic mass is 10.3. The van der Waals surface area contributed by atoms with E-state index in [1.807, 2.05) is 0 Å². The first kappa shape index (κ1) is 21.4. The molecule has 0 heterocycles. The number of carboxylic acids is 1. The molecule has 132 valence electrons. The molecule has 0 fully saturated rings. The van der Waals surface area contributed by atoms with Crippen LogP contribution in [0.15, 0.2) is 0 Å². The predicted molar refractivity (Wildman–Crippen MR) is 81.3 cm³/mol. The van der Waals surface area contributed by atoms with Crippen LogP contribution in [0.4, 0.5) is 0 Å². The van der Waals surface area contributed by atoms with Gasteiger partial charge in [-0.3, -0.25) is 14.2 Å². The smallest absolute Gasteiger partial charge is 0.480 e. The zero-order chi connectivity index (χ0) is 17.2. The zero-order valence-corrected chi connectivity index (χ0v) is 15.0. The molecule has 0 saturated heterocycles. The molecular formula is C11H25NO8SSi. The van der Waals surface area contributed by atoms with Crippen molar-refractivity contribution in [1.82, 2.24) is 4.90 Å². The first-order valence-electron chi connectivity index (χ1n) is 6.73. The molecule has 0 aliphatic carbocycles. The Morgan fingerprint density at radius 1 is 1.09 bits per heavy atom. The fourth-order valence-corrected chi connectivity index (χ4v) is 4.20. The van der Waals surface area contributed by atoms with E-state index in [1.165, 1.54) is 21.3 Å². The van der Waals surface area contributed by atoms with Gasteiger partial charge in [0.2, 0.25) is 0 Å². The highest BCUT2D eigenvalue weighted by atomic mass is 32.2. The summed E-state index contributed by atoms with van der Waals surface area (Å²) in [7, 11) is -2.23. The van der Waals surface area contributed by atoms with E-state index in [1.54, 1.807) is 4.90 Å². The van der Waals surface area contributed by atoms with Crippen LogP contribution < -0.4 is 0 Å². The van der Waals surface area contributed by atoms with Crippen LogP contribution in [-0.4, -0.2) is 84.5 Å². The van der Waals surface area contributed by atoms with Crippen molar-refractivity contribution in [2.75, 3.05) is 46.7 Å². The Kier molecular flexibility index (Phi) is 9.99. The van der Waals surface area contributed by atoms with E-state index in [4.69, 9.17) is 22.9 Å². The predicted octanol–water partition coefficient (Wildman–Crippen LogP) is -0.0809. The van der Waals surface area contributed by atoms with Crippen molar-refractivity contribution in [2.45, 2.75) is 18.9 Å². The molecule has 0 saturated carbocycles. The van der Waals surface area contributed by atoms with Crippen LogP contribution in [0.3, 0.4) is 0 Å². The maximum atomic E-state index is 10.8. The highest BCUT2D eigenvalue weighted by molar-refractivity contribution is 7.85. The Bertz CT molecular complexity index is 418. The van der Waals surface area contributed by atoms with Gasteiger partial charge in [-0.05, 0) is 25.9 Å². The molecule has 22 heavy (non-hydrogen) atoms. The third-order valence-electron chi connectivity index (χ3n) is 3.13. The standard InChI is InChI=1S/C11H25NO8SSi/c1-18-22(19-2,20-3)9-5-7-12(10-11(13)14)6-4-8-21(15,16)17/h4-10H2,1-3H3,(H,13,14)(H,15,16,17). The van der Waals surface area contributed by atoms with Crippen molar-refractivity contribution < 1.29 is 36.1 Å². The van der Waals surface area contributed by atoms with Gasteiger partial charge in [-0.15, -0.1) is 0 Å². The molecule has 0 unspecified atom stereocenters. The normalized spacial score (nSPS) is 12.8. The summed E-state index contributed by atoms with van der Waals surface area (Å²) in [6.07, 6.45) is 0.744. The summed E-state index contributed by atoms with van der Waals surface area (Å²) in [4.78, 5) is 12.4. The Morgan fingerprint density at radius 3 is 2.00 bits per heavy atom. The Morgan fingerprint density at radius 2 is 1.59 bits per heavy atom. The molecular weight excluding hydrogens is 334 g/mol. The van der Waals surface area contributed by atoms with Gasteiger partial charge < -0.3 is 18.4 Å². The molecule has 0 spiro atoms. The van der Waals surface area contributed by atoms with Crippen LogP contribution in [0.1, 0.15) is 12.8 Å². The van der Waals surface area contributed by atoms with Crippen molar-refractivity contribution >= 4 is 24.9 Å². The van der Waals surface area contributed by atoms with Gasteiger partial charge in [0.1, 0.15) is 0 Å². The van der Waals surface area contributed by atoms with Gasteiger partial charge in [0.15, 0.2) is 0 Å². The Balaban J connectivity index is 4.38. The van der Waals surface area contributed by atoms with Crippen LogP contribution in [0.2, 0.25) is 6.04 Å². The number of carboxylic acid groups (broad SMARTS) is 1. The van der Waals surface area contributed by atoms with Crippen LogP contribution >= 0.6 is 0 Å². The topological polar surface area (TPSA) is 123 Å². The fraction of sp³-hybridized carbons (Fsp3) is 0.909. The molecule has 0 aromatic carbocycles. The number of carbonyl (C=O) groups is 1. The quantitative estimate of drug-likeness (QED) is 0.343. The van der Waals surface area contributed by atoms with Crippen LogP contribution in [0.5, 0.6) is 0 Å². The summed E-state index contributed by atoms with van der Waals surface area (Å²) in [5, 5.41) is 8.87. The largest absolute Gasteiger partial charge is 0.500 e. The molecule has 11 heteroatoms. The van der Waals surface area contributed by atoms with E-state index >= 15 is 0 Å². The number of hydrogen-bond acceptors (Lipinski definition) is 7. The molecule has 0 aromatic rings. The lowest BCUT2D eigenvalue weighted by molar-refractivity contribution is -0.138. The summed E-state index contributed by atoms with van der Waals surface area (Å²) in [5.74, 6) is -1.39. The SMILES string of the molecule is CO[Si](CCCN(CCCS(=O)(=O)O)CC(=O)O)(OC)OC. The van der Waals surface area contributed by atoms with Gasteiger partial charge >= 0.3 is 14.8 Å². The molecule has 0 aromatic heterocycles. The van der Waals surface area contributed by atoms with E-state index in [0.29, 0.717) is 19.0 Å². The van der Waals surface area contributed by atoms with Crippen molar-refractivity contribution in [1.29, 1.82) is 0 Å². The van der Waals surface area contributed by atoms with Gasteiger partial charge in [0.05, 0.1) is 12.3 Å². The van der Waals surface area contributed by atoms with E-state index < -0.39 is 30.6 Å². The van der Waals surface area contributed by atoms with Crippen molar-refractivity contribution in [3.8, 4) is 0 Å². The Hall–Kier alpha value is -0.563. The van der Waals surface area contributed by atoms with Crippen molar-refractivity contribution in [2.24, 2.45) is 0 Å². The maximum absolute atomic E-state index is 10.8. The van der Waals surface area contributed by atoms with E-state index in [0.717, 1.165) is 0 Å². The molecule has 9 nitrogen and oxygen atoms in total. The maximum Gasteiger partial charge on any atom is 0.500 e. The van der Waals surface area contributed by atoms with Gasteiger partial charge in [-0.2, -0.15) is 8.42 Å². The summed E-state index contributed by atoms with van der Waals surface area (Å²) in [6, 6.07) is 0.519. The van der Waals surface area contributed by atoms with Gasteiger partial charge in [-0.25, -0.2) is 0 Å². The lowest BCUT2D eigenvalue weighted by Gasteiger charge is -2.26. The summed E-state index contributed by atoms with van der Waals surface area (Å²) in [5.41, 5.74) is 0. The van der Waals surface area contributed by atoms with E-state index in [9.17, 15) is 13.2 Å². The van der Waals surface area contributed by atoms with Crippen LogP contribution in [0, 0.1) is 0 Å². The molecule has 0 atom stereocenters. The first-order chi connectivity index (χ1) is 10.2. The minimum Gasteiger partial charge on any atom is -0.480 e. The number of hydrogen-bond donors (Lipinski definition) is 2. The second-order valence-electron chi connectivity index (χ2n) is 4.71. The first-order valence-corrected chi connectivity index (χ1v) is 10.3. The third-order valence-corrected chi connectivity index (χ3v) is 6.76. The summed E-state index contributed by atoms with van der Waals surface area (Å²) < 4.78 is 45.8. The third kappa shape index (κ3) is 9.45. The summed E-state index contributed by atoms with van der Waals surface area (Å²) in [6.45, 7) is 0.489. The van der Waals surface area contributed by atoms with Gasteiger partial charge in [0, 0.05) is 27.4 Å². The molecule has 0 rings (SSSR count). The summed E-state index contributed by atoms with van der Waals surface area (Å²) >= 11 is 0. The van der Waals surface area contributed by atoms with Crippen molar-refractivity contribution in [3.63, 3.8) is 0 Å². The number of nitrogens with zero attached hydrogens (tertiary/aromatic N) is 1. The van der Waals surface area contributed by atoms with Crippen LogP contribution in [-0.2, 0) is 28.2 Å². The Labute approximate surface area is 132 Å². The van der Waals surface area contributed by atoms with Gasteiger partial charge in [-0.1, -0.05) is 0 Å². The second-order valence-corrected chi connectivity index (χ2v) is 9.37. The number of aliphatic carboxylic acids is 1. The second kappa shape index (κ2) is 10.3. The molecule has 0 aliphatic heterocycles. The lowest BCUT2D eigenvalue weighted by Crippen LogP contribution is -2.43. The minimum atomic E-state index is -4.03. The average Bonchev–Trinajstić information content (AvgIpc) is 2.42. The number of rotatable bonds is 13. The molecule has 0 radical (unpaired) electrons. The van der Waals surface area contributed by atoms with Crippen LogP contribution in [0.25, 0.3) is 0 Å². The monoisotopic (exact) mass is 359 g/mol. The van der Waals surface area contributed by atoms with Crippen molar-refractivity contribution in [3.05, 3.63) is 0 Å². The molecule has 0 aliphatic rings. The highest BCUT2D eigenvalue weighted by Crippen LogP contribution is 2.15. The average molecular weight is 359 g/mol. The molecule has 2 N–H and O–H groups in total. The molecule has 0 bridgehead atoms. The fourth-order valence-electron chi connectivity index (χ4n) is 2.01. The van der Waals surface area contributed by atoms with E-state index in [2.05, 4.69) is 0 Å². The minimum absolute atomic E-state index is 0.160. The zero-order valence-electron chi connectivity index (χ0n) is 13.1. The molecule has 0 amide bonds. The van der Waals surface area contributed by atoms with Gasteiger partial charge in [0.25, 0.3) is 10.1 Å². The highest BCUT2D eigenvalue weighted by Gasteiger charge is 2.37.